The van der Waals surface area contributed by atoms with Gasteiger partial charge in [-0.15, -0.1) is 0 Å². The Bertz CT molecular complexity index is 859. The molecule has 26 heavy (non-hydrogen) atoms. The molecule has 0 aliphatic carbocycles. The Morgan fingerprint density at radius 2 is 1.85 bits per heavy atom. The Morgan fingerprint density at radius 3 is 2.38 bits per heavy atom. The zero-order valence-electron chi connectivity index (χ0n) is 15.2. The van der Waals surface area contributed by atoms with Gasteiger partial charge in [-0.05, 0) is 77.2 Å². The van der Waals surface area contributed by atoms with Gasteiger partial charge < -0.3 is 10.6 Å². The van der Waals surface area contributed by atoms with Gasteiger partial charge in [0.1, 0.15) is 11.6 Å². The highest BCUT2D eigenvalue weighted by Gasteiger charge is 2.12. The number of para-hydroxylation sites is 1. The van der Waals surface area contributed by atoms with Crippen molar-refractivity contribution in [3.05, 3.63) is 68.4 Å². The molecule has 0 heterocycles. The predicted molar refractivity (Wildman–Crippen MR) is 115 cm³/mol. The maximum Gasteiger partial charge on any atom is 0.267 e. The third-order valence-corrected chi connectivity index (χ3v) is 4.83. The number of aryl methyl sites for hydroxylation is 3. The van der Waals surface area contributed by atoms with E-state index in [4.69, 9.17) is 0 Å². The second-order valence-corrected chi connectivity index (χ2v) is 7.13. The van der Waals surface area contributed by atoms with Crippen molar-refractivity contribution in [3.8, 4) is 6.07 Å². The van der Waals surface area contributed by atoms with Crippen LogP contribution in [0, 0.1) is 21.8 Å². The van der Waals surface area contributed by atoms with E-state index >= 15 is 0 Å². The normalized spacial score (nSPS) is 11.0. The first-order chi connectivity index (χ1) is 12.5. The molecule has 0 aliphatic rings. The molecule has 1 amide bonds. The summed E-state index contributed by atoms with van der Waals surface area (Å²) >= 11 is 2.22. The van der Waals surface area contributed by atoms with Gasteiger partial charge in [0.25, 0.3) is 5.91 Å². The highest BCUT2D eigenvalue weighted by molar-refractivity contribution is 14.1. The summed E-state index contributed by atoms with van der Waals surface area (Å²) in [6.45, 7) is 6.10. The first-order valence-corrected chi connectivity index (χ1v) is 9.63. The van der Waals surface area contributed by atoms with E-state index in [1.54, 1.807) is 0 Å². The summed E-state index contributed by atoms with van der Waals surface area (Å²) in [6, 6.07) is 13.9. The summed E-state index contributed by atoms with van der Waals surface area (Å²) in [6.07, 6.45) is 3.24. The van der Waals surface area contributed by atoms with E-state index in [1.165, 1.54) is 6.20 Å². The molecule has 0 radical (unpaired) electrons. The van der Waals surface area contributed by atoms with Crippen molar-refractivity contribution < 1.29 is 4.79 Å². The molecule has 4 nitrogen and oxygen atoms in total. The molecule has 2 N–H and O–H groups in total. The van der Waals surface area contributed by atoms with Crippen LogP contribution in [0.5, 0.6) is 0 Å². The van der Waals surface area contributed by atoms with Gasteiger partial charge in [0.2, 0.25) is 0 Å². The van der Waals surface area contributed by atoms with Crippen LogP contribution in [0.2, 0.25) is 0 Å². The number of hydrogen-bond donors (Lipinski definition) is 2. The maximum atomic E-state index is 12.5. The summed E-state index contributed by atoms with van der Waals surface area (Å²) in [5, 5.41) is 15.4. The number of anilines is 2. The zero-order chi connectivity index (χ0) is 19.1. The number of halogens is 1. The predicted octanol–water partition coefficient (Wildman–Crippen LogP) is 5.18. The number of carbonyl (C=O) groups excluding carboxylic acids is 1. The Morgan fingerprint density at radius 1 is 1.19 bits per heavy atom. The molecule has 0 spiro atoms. The van der Waals surface area contributed by atoms with Crippen LogP contribution in [0.1, 0.15) is 30.5 Å². The molecule has 0 atom stereocenters. The molecule has 0 bridgehead atoms. The monoisotopic (exact) mass is 459 g/mol. The molecule has 2 aromatic rings. The fourth-order valence-electron chi connectivity index (χ4n) is 2.68. The van der Waals surface area contributed by atoms with Crippen molar-refractivity contribution in [1.29, 1.82) is 5.26 Å². The van der Waals surface area contributed by atoms with Crippen molar-refractivity contribution in [2.24, 2.45) is 0 Å². The maximum absolute atomic E-state index is 12.5. The van der Waals surface area contributed by atoms with Gasteiger partial charge in [0, 0.05) is 21.1 Å². The third kappa shape index (κ3) is 4.85. The van der Waals surface area contributed by atoms with E-state index in [0.717, 1.165) is 38.8 Å². The van der Waals surface area contributed by atoms with Gasteiger partial charge >= 0.3 is 0 Å². The third-order valence-electron chi connectivity index (χ3n) is 4.16. The van der Waals surface area contributed by atoms with E-state index in [0.29, 0.717) is 5.69 Å². The number of carbonyl (C=O) groups is 1. The van der Waals surface area contributed by atoms with Crippen LogP contribution in [-0.4, -0.2) is 5.91 Å². The van der Waals surface area contributed by atoms with Crippen LogP contribution in [-0.2, 0) is 17.6 Å². The average molecular weight is 459 g/mol. The van der Waals surface area contributed by atoms with Gasteiger partial charge in [-0.3, -0.25) is 4.79 Å². The van der Waals surface area contributed by atoms with Gasteiger partial charge in [0.15, 0.2) is 0 Å². The van der Waals surface area contributed by atoms with Crippen LogP contribution in [0.25, 0.3) is 0 Å². The Labute approximate surface area is 168 Å². The fraction of sp³-hybridized carbons (Fsp3) is 0.238. The molecule has 0 saturated heterocycles. The van der Waals surface area contributed by atoms with Crippen LogP contribution in [0.4, 0.5) is 11.4 Å². The number of benzene rings is 2. The number of nitrogens with one attached hydrogen (secondary N) is 2. The summed E-state index contributed by atoms with van der Waals surface area (Å²) in [4.78, 5) is 12.5. The number of nitriles is 1. The quantitative estimate of drug-likeness (QED) is 0.355. The number of rotatable bonds is 6. The van der Waals surface area contributed by atoms with E-state index in [1.807, 2.05) is 37.3 Å². The first kappa shape index (κ1) is 20.0. The molecular weight excluding hydrogens is 437 g/mol. The highest BCUT2D eigenvalue weighted by Crippen LogP contribution is 2.23. The van der Waals surface area contributed by atoms with E-state index in [2.05, 4.69) is 59.2 Å². The van der Waals surface area contributed by atoms with Crippen molar-refractivity contribution in [2.45, 2.75) is 33.6 Å². The van der Waals surface area contributed by atoms with Crippen LogP contribution >= 0.6 is 22.6 Å². The number of nitrogens with zero attached hydrogens (tertiary/aromatic N) is 1. The topological polar surface area (TPSA) is 64.9 Å². The van der Waals surface area contributed by atoms with Crippen molar-refractivity contribution >= 4 is 39.9 Å². The summed E-state index contributed by atoms with van der Waals surface area (Å²) in [5.41, 5.74) is 5.00. The van der Waals surface area contributed by atoms with E-state index < -0.39 is 5.91 Å². The molecular formula is C21H22IN3O. The van der Waals surface area contributed by atoms with Crippen LogP contribution < -0.4 is 10.6 Å². The number of hydrogen-bond acceptors (Lipinski definition) is 3. The molecule has 0 saturated carbocycles. The summed E-state index contributed by atoms with van der Waals surface area (Å²) in [5.74, 6) is -0.420. The van der Waals surface area contributed by atoms with Gasteiger partial charge in [-0.2, -0.15) is 5.26 Å². The smallest absolute Gasteiger partial charge is 0.267 e. The molecule has 5 heteroatoms. The molecule has 0 fully saturated rings. The fourth-order valence-corrected chi connectivity index (χ4v) is 3.32. The van der Waals surface area contributed by atoms with Crippen molar-refractivity contribution in [1.82, 2.24) is 0 Å². The van der Waals surface area contributed by atoms with Crippen molar-refractivity contribution in [2.75, 3.05) is 10.6 Å². The Hall–Kier alpha value is -2.33. The van der Waals surface area contributed by atoms with Crippen molar-refractivity contribution in [3.63, 3.8) is 0 Å². The summed E-state index contributed by atoms with van der Waals surface area (Å²) in [7, 11) is 0. The van der Waals surface area contributed by atoms with Crippen LogP contribution in [0.3, 0.4) is 0 Å². The highest BCUT2D eigenvalue weighted by atomic mass is 127. The molecule has 0 aliphatic heterocycles. The van der Waals surface area contributed by atoms with Crippen LogP contribution in [0.15, 0.2) is 48.2 Å². The van der Waals surface area contributed by atoms with Gasteiger partial charge in [0.05, 0.1) is 0 Å². The minimum atomic E-state index is -0.420. The number of amides is 1. The van der Waals surface area contributed by atoms with E-state index in [9.17, 15) is 10.1 Å². The average Bonchev–Trinajstić information content (AvgIpc) is 2.64. The molecule has 134 valence electrons. The van der Waals surface area contributed by atoms with E-state index in [-0.39, 0.29) is 5.57 Å². The zero-order valence-corrected chi connectivity index (χ0v) is 17.3. The largest absolute Gasteiger partial charge is 0.360 e. The standard InChI is InChI=1S/C21H22IN3O/c1-4-15-7-6-8-16(5-2)20(15)24-13-17(12-23)21(26)25-19-10-9-18(22)11-14(19)3/h6-11,13,24H,4-5H2,1-3H3,(H,25,26)/b17-13-. The molecule has 0 aromatic heterocycles. The Kier molecular flexibility index (Phi) is 7.22. The minimum absolute atomic E-state index is 0.0379. The SMILES string of the molecule is CCc1cccc(CC)c1N/C=C(/C#N)C(=O)Nc1ccc(I)cc1C. The lowest BCUT2D eigenvalue weighted by Gasteiger charge is -2.13. The second-order valence-electron chi connectivity index (χ2n) is 5.89. The lowest BCUT2D eigenvalue weighted by Crippen LogP contribution is -2.15. The molecule has 0 unspecified atom stereocenters. The Balaban J connectivity index is 2.23. The lowest BCUT2D eigenvalue weighted by molar-refractivity contribution is -0.112. The summed E-state index contributed by atoms with van der Waals surface area (Å²) < 4.78 is 1.10. The second kappa shape index (κ2) is 9.39. The first-order valence-electron chi connectivity index (χ1n) is 8.55. The molecule has 2 aromatic carbocycles. The molecule has 2 rings (SSSR count). The van der Waals surface area contributed by atoms with Gasteiger partial charge in [-0.1, -0.05) is 32.0 Å². The van der Waals surface area contributed by atoms with Gasteiger partial charge in [-0.25, -0.2) is 0 Å². The lowest BCUT2D eigenvalue weighted by atomic mass is 10.0. The minimum Gasteiger partial charge on any atom is -0.360 e.